The number of fused-ring (bicyclic) bond motifs is 1. The minimum Gasteiger partial charge on any atom is -0.387 e. The second kappa shape index (κ2) is 9.76. The number of benzene rings is 1. The molecule has 1 aliphatic rings. The summed E-state index contributed by atoms with van der Waals surface area (Å²) >= 11 is 0. The number of aliphatic hydroxyl groups is 2. The van der Waals surface area contributed by atoms with Crippen LogP contribution in [0.3, 0.4) is 0 Å². The number of nitrogens with one attached hydrogen (secondary N) is 1. The van der Waals surface area contributed by atoms with Crippen LogP contribution >= 0.6 is 15.6 Å². The number of nitrogens with zero attached hydrogens (tertiary/aromatic N) is 4. The van der Waals surface area contributed by atoms with Crippen LogP contribution in [0.25, 0.3) is 11.2 Å². The highest BCUT2D eigenvalue weighted by Gasteiger charge is 2.46. The molecule has 0 radical (unpaired) electrons. The van der Waals surface area contributed by atoms with Gasteiger partial charge in [0.2, 0.25) is 0 Å². The average Bonchev–Trinajstić information content (AvgIpc) is 3.32. The van der Waals surface area contributed by atoms with Gasteiger partial charge in [-0.05, 0) is 5.56 Å². The quantitative estimate of drug-likeness (QED) is 0.210. The highest BCUT2D eigenvalue weighted by Crippen LogP contribution is 2.57. The first-order valence-corrected chi connectivity index (χ1v) is 12.8. The van der Waals surface area contributed by atoms with Gasteiger partial charge in [0.1, 0.15) is 24.6 Å². The number of phosphoric acid groups is 2. The number of ether oxygens (including phenoxy) is 1. The predicted octanol–water partition coefficient (Wildman–Crippen LogP) is 0.284. The Balaban J connectivity index is 1.48. The standard InChI is InChI=1S/C17H21N5O10P2/c23-13-11(7-30-34(28,29)32-33(25,26)27)31-17(14(13)24)22-9-21-12-15(19-8-20-16(12)22)18-6-10-4-2-1-3-5-10/h1-5,8-9,11,13-14,17,23-24H,6-7H2,(H,28,29)(H,18,19,20)(H2,25,26,27)/t11?,13-,14-,17?/m1/s1. The van der Waals surface area contributed by atoms with Gasteiger partial charge in [-0.25, -0.2) is 24.1 Å². The fourth-order valence-corrected chi connectivity index (χ4v) is 4.97. The van der Waals surface area contributed by atoms with E-state index in [-0.39, 0.29) is 5.65 Å². The molecule has 1 saturated heterocycles. The van der Waals surface area contributed by atoms with E-state index in [0.717, 1.165) is 5.56 Å². The van der Waals surface area contributed by atoms with Crippen LogP contribution in [0.15, 0.2) is 43.0 Å². The van der Waals surface area contributed by atoms with Crippen molar-refractivity contribution in [3.63, 3.8) is 0 Å². The minimum absolute atomic E-state index is 0.279. The SMILES string of the molecule is O=P(O)(O)OP(=O)(O)OCC1OC(n2cnc3c(NCc4ccccc4)ncnc32)[C@H](O)[C@@H]1O. The summed E-state index contributed by atoms with van der Waals surface area (Å²) in [5, 5.41) is 23.9. The van der Waals surface area contributed by atoms with Gasteiger partial charge in [-0.15, -0.1) is 0 Å². The normalized spacial score (nSPS) is 24.9. The molecule has 1 fully saturated rings. The van der Waals surface area contributed by atoms with Gasteiger partial charge in [0.25, 0.3) is 0 Å². The molecule has 17 heteroatoms. The van der Waals surface area contributed by atoms with Crippen molar-refractivity contribution in [1.29, 1.82) is 0 Å². The number of anilines is 1. The number of phosphoric ester groups is 1. The Kier molecular flexibility index (Phi) is 7.12. The summed E-state index contributed by atoms with van der Waals surface area (Å²) in [5.41, 5.74) is 1.66. The zero-order valence-corrected chi connectivity index (χ0v) is 19.0. The van der Waals surface area contributed by atoms with E-state index in [1.165, 1.54) is 17.2 Å². The molecule has 34 heavy (non-hydrogen) atoms. The topological polar surface area (TPSA) is 219 Å². The molecule has 3 heterocycles. The predicted molar refractivity (Wildman–Crippen MR) is 114 cm³/mol. The van der Waals surface area contributed by atoms with Gasteiger partial charge in [-0.2, -0.15) is 4.31 Å². The lowest BCUT2D eigenvalue weighted by Crippen LogP contribution is -2.33. The number of hydrogen-bond donors (Lipinski definition) is 6. The maximum absolute atomic E-state index is 11.6. The first-order chi connectivity index (χ1) is 16.0. The fourth-order valence-electron chi connectivity index (χ4n) is 3.37. The van der Waals surface area contributed by atoms with Crippen molar-refractivity contribution in [2.24, 2.45) is 0 Å². The average molecular weight is 517 g/mol. The van der Waals surface area contributed by atoms with Crippen molar-refractivity contribution < 1.29 is 47.6 Å². The van der Waals surface area contributed by atoms with Gasteiger partial charge in [0.05, 0.1) is 12.9 Å². The molecule has 0 saturated carbocycles. The fraction of sp³-hybridized carbons (Fsp3) is 0.353. The van der Waals surface area contributed by atoms with Crippen LogP contribution in [-0.4, -0.2) is 69.3 Å². The van der Waals surface area contributed by atoms with E-state index in [9.17, 15) is 24.2 Å². The Morgan fingerprint density at radius 3 is 2.50 bits per heavy atom. The second-order valence-electron chi connectivity index (χ2n) is 7.27. The van der Waals surface area contributed by atoms with Gasteiger partial charge in [0, 0.05) is 6.54 Å². The molecule has 5 atom stereocenters. The summed E-state index contributed by atoms with van der Waals surface area (Å²) in [5.74, 6) is 0.427. The Hall–Kier alpha value is -2.29. The third-order valence-corrected chi connectivity index (χ3v) is 7.04. The van der Waals surface area contributed by atoms with E-state index in [4.69, 9.17) is 14.5 Å². The second-order valence-corrected chi connectivity index (χ2v) is 10.1. The molecule has 0 spiro atoms. The summed E-state index contributed by atoms with van der Waals surface area (Å²) in [7, 11) is -10.5. The Morgan fingerprint density at radius 2 is 1.79 bits per heavy atom. The van der Waals surface area contributed by atoms with Crippen molar-refractivity contribution >= 4 is 32.6 Å². The van der Waals surface area contributed by atoms with Crippen LogP contribution in [0.2, 0.25) is 0 Å². The van der Waals surface area contributed by atoms with E-state index in [1.807, 2.05) is 30.3 Å². The molecule has 184 valence electrons. The number of hydrogen-bond acceptors (Lipinski definition) is 11. The molecular formula is C17H21N5O10P2. The van der Waals surface area contributed by atoms with Crippen LogP contribution in [0.4, 0.5) is 5.82 Å². The molecule has 0 bridgehead atoms. The van der Waals surface area contributed by atoms with Crippen molar-refractivity contribution in [2.45, 2.75) is 31.1 Å². The molecule has 1 aromatic carbocycles. The lowest BCUT2D eigenvalue weighted by Gasteiger charge is -2.17. The van der Waals surface area contributed by atoms with Crippen molar-refractivity contribution in [2.75, 3.05) is 11.9 Å². The molecule has 15 nitrogen and oxygen atoms in total. The van der Waals surface area contributed by atoms with Crippen molar-refractivity contribution in [3.8, 4) is 0 Å². The lowest BCUT2D eigenvalue weighted by atomic mass is 10.1. The van der Waals surface area contributed by atoms with Gasteiger partial charge in [0.15, 0.2) is 23.2 Å². The van der Waals surface area contributed by atoms with Gasteiger partial charge < -0.3 is 34.9 Å². The van der Waals surface area contributed by atoms with Crippen molar-refractivity contribution in [1.82, 2.24) is 19.5 Å². The van der Waals surface area contributed by atoms with E-state index in [2.05, 4.69) is 29.1 Å². The third kappa shape index (κ3) is 5.67. The van der Waals surface area contributed by atoms with Crippen LogP contribution < -0.4 is 5.32 Å². The zero-order chi connectivity index (χ0) is 24.5. The zero-order valence-electron chi connectivity index (χ0n) is 17.2. The van der Waals surface area contributed by atoms with Crippen LogP contribution in [0.5, 0.6) is 0 Å². The van der Waals surface area contributed by atoms with E-state index >= 15 is 0 Å². The molecule has 0 aliphatic carbocycles. The number of aromatic nitrogens is 4. The van der Waals surface area contributed by atoms with Crippen molar-refractivity contribution in [3.05, 3.63) is 48.5 Å². The van der Waals surface area contributed by atoms with Crippen LogP contribution in [0, 0.1) is 0 Å². The molecule has 3 unspecified atom stereocenters. The molecular weight excluding hydrogens is 496 g/mol. The van der Waals surface area contributed by atoms with Gasteiger partial charge in [-0.3, -0.25) is 9.09 Å². The summed E-state index contributed by atoms with van der Waals surface area (Å²) < 4.78 is 37.5. The first kappa shape index (κ1) is 24.8. The highest BCUT2D eigenvalue weighted by atomic mass is 31.3. The third-order valence-electron chi connectivity index (χ3n) is 4.88. The van der Waals surface area contributed by atoms with Gasteiger partial charge in [-0.1, -0.05) is 30.3 Å². The Labute approximate surface area is 191 Å². The molecule has 3 aromatic rings. The smallest absolute Gasteiger partial charge is 0.387 e. The lowest BCUT2D eigenvalue weighted by molar-refractivity contribution is -0.0503. The molecule has 2 aromatic heterocycles. The monoisotopic (exact) mass is 517 g/mol. The molecule has 6 N–H and O–H groups in total. The Morgan fingerprint density at radius 1 is 1.06 bits per heavy atom. The summed E-state index contributed by atoms with van der Waals surface area (Å²) in [4.78, 5) is 39.3. The maximum Gasteiger partial charge on any atom is 0.481 e. The van der Waals surface area contributed by atoms with Gasteiger partial charge >= 0.3 is 15.6 Å². The van der Waals surface area contributed by atoms with Crippen LogP contribution in [-0.2, 0) is 29.2 Å². The molecule has 0 amide bonds. The summed E-state index contributed by atoms with van der Waals surface area (Å²) in [6.45, 7) is -0.341. The summed E-state index contributed by atoms with van der Waals surface area (Å²) in [6.07, 6.45) is -3.02. The van der Waals surface area contributed by atoms with E-state index in [0.29, 0.717) is 17.9 Å². The first-order valence-electron chi connectivity index (χ1n) is 9.75. The van der Waals surface area contributed by atoms with Crippen LogP contribution in [0.1, 0.15) is 11.8 Å². The molecule has 4 rings (SSSR count). The minimum atomic E-state index is -5.31. The number of imidazole rings is 1. The van der Waals surface area contributed by atoms with E-state index in [1.54, 1.807) is 0 Å². The molecule has 1 aliphatic heterocycles. The highest BCUT2D eigenvalue weighted by molar-refractivity contribution is 7.60. The summed E-state index contributed by atoms with van der Waals surface area (Å²) in [6, 6.07) is 9.58. The number of aliphatic hydroxyl groups excluding tert-OH is 2. The Bertz CT molecular complexity index is 1240. The maximum atomic E-state index is 11.6. The largest absolute Gasteiger partial charge is 0.481 e. The van der Waals surface area contributed by atoms with E-state index < -0.39 is 46.8 Å². The number of rotatable bonds is 9.